The van der Waals surface area contributed by atoms with Crippen molar-refractivity contribution in [2.45, 2.75) is 19.9 Å². The van der Waals surface area contributed by atoms with Crippen LogP contribution in [0, 0.1) is 0 Å². The molecule has 1 heterocycles. The van der Waals surface area contributed by atoms with Crippen LogP contribution in [0.1, 0.15) is 18.9 Å². The van der Waals surface area contributed by atoms with Crippen molar-refractivity contribution >= 4 is 5.91 Å². The van der Waals surface area contributed by atoms with Crippen LogP contribution < -0.4 is 10.1 Å². The number of carbonyl (C=O) groups is 1. The van der Waals surface area contributed by atoms with E-state index in [0.29, 0.717) is 6.54 Å². The monoisotopic (exact) mass is 305 g/mol. The molecule has 2 rings (SSSR count). The van der Waals surface area contributed by atoms with Gasteiger partial charge < -0.3 is 15.0 Å². The maximum absolute atomic E-state index is 12.2. The Hall–Kier alpha value is -1.59. The fourth-order valence-electron chi connectivity index (χ4n) is 2.57. The van der Waals surface area contributed by atoms with E-state index in [1.165, 1.54) is 5.56 Å². The lowest BCUT2D eigenvalue weighted by atomic mass is 10.2. The van der Waals surface area contributed by atoms with Crippen LogP contribution in [-0.4, -0.2) is 62.1 Å². The molecular weight excluding hydrogens is 278 g/mol. The summed E-state index contributed by atoms with van der Waals surface area (Å²) >= 11 is 0. The van der Waals surface area contributed by atoms with Crippen molar-refractivity contribution < 1.29 is 9.53 Å². The molecule has 1 aliphatic rings. The molecule has 0 aliphatic carbocycles. The van der Waals surface area contributed by atoms with Gasteiger partial charge >= 0.3 is 0 Å². The number of piperazine rings is 1. The molecule has 5 heteroatoms. The maximum atomic E-state index is 12.2. The van der Waals surface area contributed by atoms with Crippen LogP contribution in [0.2, 0.25) is 0 Å². The lowest BCUT2D eigenvalue weighted by Crippen LogP contribution is -2.49. The minimum atomic E-state index is 0.211. The fourth-order valence-corrected chi connectivity index (χ4v) is 2.57. The number of nitrogens with one attached hydrogen (secondary N) is 1. The Bertz CT molecular complexity index is 473. The quantitative estimate of drug-likeness (QED) is 0.826. The third-order valence-corrected chi connectivity index (χ3v) is 3.70. The van der Waals surface area contributed by atoms with Gasteiger partial charge in [-0.25, -0.2) is 0 Å². The van der Waals surface area contributed by atoms with Crippen molar-refractivity contribution in [1.29, 1.82) is 0 Å². The molecule has 1 aromatic carbocycles. The van der Waals surface area contributed by atoms with E-state index < -0.39 is 0 Å². The highest BCUT2D eigenvalue weighted by molar-refractivity contribution is 5.78. The average molecular weight is 305 g/mol. The molecule has 122 valence electrons. The van der Waals surface area contributed by atoms with E-state index in [9.17, 15) is 4.79 Å². The molecule has 1 aliphatic heterocycles. The lowest BCUT2D eigenvalue weighted by molar-refractivity contribution is -0.132. The SMILES string of the molecule is CCCOc1cccc(CN(C)CC(=O)N2CCNCC2)c1. The van der Waals surface area contributed by atoms with Crippen molar-refractivity contribution in [3.8, 4) is 5.75 Å². The molecule has 1 fully saturated rings. The minimum Gasteiger partial charge on any atom is -0.494 e. The van der Waals surface area contributed by atoms with E-state index in [0.717, 1.165) is 51.5 Å². The Balaban J connectivity index is 1.83. The highest BCUT2D eigenvalue weighted by Gasteiger charge is 2.17. The van der Waals surface area contributed by atoms with E-state index in [1.54, 1.807) is 0 Å². The average Bonchev–Trinajstić information content (AvgIpc) is 2.54. The molecule has 0 spiro atoms. The highest BCUT2D eigenvalue weighted by atomic mass is 16.5. The number of hydrogen-bond donors (Lipinski definition) is 1. The number of hydrogen-bond acceptors (Lipinski definition) is 4. The molecule has 0 unspecified atom stereocenters. The molecule has 5 nitrogen and oxygen atoms in total. The summed E-state index contributed by atoms with van der Waals surface area (Å²) in [5.41, 5.74) is 1.17. The predicted octanol–water partition coefficient (Wildman–Crippen LogP) is 1.34. The Kier molecular flexibility index (Phi) is 6.68. The van der Waals surface area contributed by atoms with Gasteiger partial charge in [0, 0.05) is 32.7 Å². The number of nitrogens with zero attached hydrogens (tertiary/aromatic N) is 2. The van der Waals surface area contributed by atoms with Crippen LogP contribution in [-0.2, 0) is 11.3 Å². The summed E-state index contributed by atoms with van der Waals surface area (Å²) in [4.78, 5) is 16.2. The normalized spacial score (nSPS) is 15.1. The molecular formula is C17H27N3O2. The van der Waals surface area contributed by atoms with E-state index in [2.05, 4.69) is 29.3 Å². The lowest BCUT2D eigenvalue weighted by Gasteiger charge is -2.29. The van der Waals surface area contributed by atoms with Crippen LogP contribution in [0.3, 0.4) is 0 Å². The van der Waals surface area contributed by atoms with Crippen molar-refractivity contribution in [3.05, 3.63) is 29.8 Å². The van der Waals surface area contributed by atoms with E-state index in [1.807, 2.05) is 24.1 Å². The minimum absolute atomic E-state index is 0.211. The maximum Gasteiger partial charge on any atom is 0.236 e. The predicted molar refractivity (Wildman–Crippen MR) is 88.0 cm³/mol. The Morgan fingerprint density at radius 1 is 1.36 bits per heavy atom. The first-order valence-electron chi connectivity index (χ1n) is 8.08. The molecule has 0 saturated carbocycles. The number of rotatable bonds is 7. The van der Waals surface area contributed by atoms with E-state index in [4.69, 9.17) is 4.74 Å². The van der Waals surface area contributed by atoms with Gasteiger partial charge in [0.05, 0.1) is 13.2 Å². The van der Waals surface area contributed by atoms with Gasteiger partial charge in [-0.2, -0.15) is 0 Å². The Morgan fingerprint density at radius 2 is 2.14 bits per heavy atom. The van der Waals surface area contributed by atoms with Crippen molar-refractivity contribution in [3.63, 3.8) is 0 Å². The van der Waals surface area contributed by atoms with Gasteiger partial charge in [0.1, 0.15) is 5.75 Å². The smallest absolute Gasteiger partial charge is 0.236 e. The van der Waals surface area contributed by atoms with Gasteiger partial charge in [-0.15, -0.1) is 0 Å². The topological polar surface area (TPSA) is 44.8 Å². The third kappa shape index (κ3) is 5.31. The van der Waals surface area contributed by atoms with Gasteiger partial charge in [-0.3, -0.25) is 9.69 Å². The largest absolute Gasteiger partial charge is 0.494 e. The first kappa shape index (κ1) is 16.8. The molecule has 0 bridgehead atoms. The number of ether oxygens (including phenoxy) is 1. The highest BCUT2D eigenvalue weighted by Crippen LogP contribution is 2.15. The standard InChI is InChI=1S/C17H27N3O2/c1-3-11-22-16-6-4-5-15(12-16)13-19(2)14-17(21)20-9-7-18-8-10-20/h4-6,12,18H,3,7-11,13-14H2,1-2H3. The zero-order valence-electron chi connectivity index (χ0n) is 13.7. The molecule has 22 heavy (non-hydrogen) atoms. The van der Waals surface area contributed by atoms with Crippen LogP contribution in [0.4, 0.5) is 0 Å². The molecule has 1 N–H and O–H groups in total. The van der Waals surface area contributed by atoms with Crippen LogP contribution in [0.25, 0.3) is 0 Å². The molecule has 1 saturated heterocycles. The summed E-state index contributed by atoms with van der Waals surface area (Å²) in [6.45, 7) is 7.46. The number of amides is 1. The molecule has 1 amide bonds. The van der Waals surface area contributed by atoms with Crippen molar-refractivity contribution in [2.75, 3.05) is 46.4 Å². The van der Waals surface area contributed by atoms with Crippen molar-refractivity contribution in [1.82, 2.24) is 15.1 Å². The van der Waals surface area contributed by atoms with Gasteiger partial charge in [-0.05, 0) is 31.2 Å². The van der Waals surface area contributed by atoms with E-state index >= 15 is 0 Å². The van der Waals surface area contributed by atoms with Gasteiger partial charge in [-0.1, -0.05) is 19.1 Å². The summed E-state index contributed by atoms with van der Waals surface area (Å²) in [6.07, 6.45) is 1.00. The van der Waals surface area contributed by atoms with Gasteiger partial charge in [0.2, 0.25) is 5.91 Å². The van der Waals surface area contributed by atoms with Crippen LogP contribution >= 0.6 is 0 Å². The molecule has 0 aromatic heterocycles. The Morgan fingerprint density at radius 3 is 2.86 bits per heavy atom. The number of benzene rings is 1. The first-order chi connectivity index (χ1) is 10.7. The second-order valence-corrected chi connectivity index (χ2v) is 5.80. The van der Waals surface area contributed by atoms with E-state index in [-0.39, 0.29) is 5.91 Å². The van der Waals surface area contributed by atoms with Crippen LogP contribution in [0.5, 0.6) is 5.75 Å². The zero-order valence-corrected chi connectivity index (χ0v) is 13.7. The van der Waals surface area contributed by atoms with Crippen LogP contribution in [0.15, 0.2) is 24.3 Å². The summed E-state index contributed by atoms with van der Waals surface area (Å²) in [7, 11) is 1.99. The Labute approximate surface area is 133 Å². The van der Waals surface area contributed by atoms with Crippen molar-refractivity contribution in [2.24, 2.45) is 0 Å². The summed E-state index contributed by atoms with van der Waals surface area (Å²) < 4.78 is 5.65. The number of carbonyl (C=O) groups excluding carboxylic acids is 1. The first-order valence-corrected chi connectivity index (χ1v) is 8.08. The second-order valence-electron chi connectivity index (χ2n) is 5.80. The molecule has 0 radical (unpaired) electrons. The summed E-state index contributed by atoms with van der Waals surface area (Å²) in [6, 6.07) is 8.11. The fraction of sp³-hybridized carbons (Fsp3) is 0.588. The summed E-state index contributed by atoms with van der Waals surface area (Å²) in [5.74, 6) is 1.11. The van der Waals surface area contributed by atoms with Gasteiger partial charge in [0.25, 0.3) is 0 Å². The van der Waals surface area contributed by atoms with Gasteiger partial charge in [0.15, 0.2) is 0 Å². The molecule has 0 atom stereocenters. The third-order valence-electron chi connectivity index (χ3n) is 3.70. The number of likely N-dealkylation sites (N-methyl/N-ethyl adjacent to an activating group) is 1. The summed E-state index contributed by atoms with van der Waals surface area (Å²) in [5, 5.41) is 3.26. The second kappa shape index (κ2) is 8.76. The molecule has 1 aromatic rings. The zero-order chi connectivity index (χ0) is 15.8.